The third kappa shape index (κ3) is 3.46. The Bertz CT molecular complexity index is 868. The van der Waals surface area contributed by atoms with Gasteiger partial charge in [-0.3, -0.25) is 4.79 Å². The van der Waals surface area contributed by atoms with Gasteiger partial charge in [-0.25, -0.2) is 4.68 Å². The van der Waals surface area contributed by atoms with Crippen molar-refractivity contribution in [1.82, 2.24) is 9.78 Å². The zero-order chi connectivity index (χ0) is 18.0. The van der Waals surface area contributed by atoms with Crippen molar-refractivity contribution in [2.24, 2.45) is 5.73 Å². The number of hydrogen-bond acceptors (Lipinski definition) is 3. The summed E-state index contributed by atoms with van der Waals surface area (Å²) in [6.45, 7) is 4.01. The molecule has 0 saturated carbocycles. The van der Waals surface area contributed by atoms with Gasteiger partial charge in [0.1, 0.15) is 6.10 Å². The molecule has 1 heterocycles. The lowest BCUT2D eigenvalue weighted by Gasteiger charge is -2.16. The molecule has 0 aliphatic rings. The number of aliphatic hydroxyl groups excluding tert-OH is 1. The Morgan fingerprint density at radius 2 is 1.80 bits per heavy atom. The molecule has 2 aromatic carbocycles. The summed E-state index contributed by atoms with van der Waals surface area (Å²) in [5.74, 6) is -0.297. The zero-order valence-corrected chi connectivity index (χ0v) is 14.3. The first kappa shape index (κ1) is 16.9. The average molecular weight is 335 g/mol. The maximum Gasteiger partial charge on any atom is 0.248 e. The monoisotopic (exact) mass is 335 g/mol. The van der Waals surface area contributed by atoms with E-state index in [2.05, 4.69) is 5.10 Å². The number of benzene rings is 2. The molecule has 0 saturated heterocycles. The third-order valence-corrected chi connectivity index (χ3v) is 4.26. The summed E-state index contributed by atoms with van der Waals surface area (Å²) < 4.78 is 1.75. The molecule has 3 rings (SSSR count). The molecule has 1 atom stereocenters. The van der Waals surface area contributed by atoms with Crippen molar-refractivity contribution >= 4 is 5.91 Å². The van der Waals surface area contributed by atoms with Crippen LogP contribution < -0.4 is 5.73 Å². The normalized spacial score (nSPS) is 12.3. The second kappa shape index (κ2) is 6.91. The molecule has 0 aliphatic carbocycles. The van der Waals surface area contributed by atoms with Gasteiger partial charge in [0.2, 0.25) is 5.91 Å². The van der Waals surface area contributed by atoms with Crippen molar-refractivity contribution in [2.45, 2.75) is 25.9 Å². The van der Waals surface area contributed by atoms with Crippen LogP contribution in [-0.2, 0) is 0 Å². The Labute approximate surface area is 146 Å². The lowest BCUT2D eigenvalue weighted by atomic mass is 9.92. The van der Waals surface area contributed by atoms with Crippen LogP contribution in [0, 0.1) is 0 Å². The van der Waals surface area contributed by atoms with Crippen molar-refractivity contribution in [3.05, 3.63) is 83.2 Å². The maximum atomic E-state index is 11.7. The predicted octanol–water partition coefficient (Wildman–Crippen LogP) is 3.18. The minimum Gasteiger partial charge on any atom is -0.384 e. The molecule has 25 heavy (non-hydrogen) atoms. The number of amides is 1. The number of aromatic nitrogens is 2. The summed E-state index contributed by atoms with van der Waals surface area (Å²) in [4.78, 5) is 11.7. The number of primary amides is 1. The molecule has 0 spiro atoms. The minimum atomic E-state index is -0.828. The van der Waals surface area contributed by atoms with Crippen molar-refractivity contribution in [3.63, 3.8) is 0 Å². The van der Waals surface area contributed by atoms with Crippen LogP contribution in [0.5, 0.6) is 0 Å². The van der Waals surface area contributed by atoms with Gasteiger partial charge in [0.05, 0.1) is 5.69 Å². The highest BCUT2D eigenvalue weighted by Crippen LogP contribution is 2.27. The predicted molar refractivity (Wildman–Crippen MR) is 96.7 cm³/mol. The number of nitrogens with zero attached hydrogens (tertiary/aromatic N) is 2. The Morgan fingerprint density at radius 1 is 1.12 bits per heavy atom. The number of carbonyl (C=O) groups excluding carboxylic acids is 1. The molecule has 128 valence electrons. The van der Waals surface area contributed by atoms with E-state index in [0.717, 1.165) is 16.8 Å². The van der Waals surface area contributed by atoms with Gasteiger partial charge in [-0.05, 0) is 46.9 Å². The molecular formula is C20H21N3O2. The maximum absolute atomic E-state index is 11.7. The molecule has 0 aliphatic heterocycles. The van der Waals surface area contributed by atoms with E-state index in [0.29, 0.717) is 11.1 Å². The van der Waals surface area contributed by atoms with E-state index in [-0.39, 0.29) is 5.92 Å². The van der Waals surface area contributed by atoms with Gasteiger partial charge in [-0.15, -0.1) is 0 Å². The summed E-state index contributed by atoms with van der Waals surface area (Å²) in [5, 5.41) is 14.9. The summed E-state index contributed by atoms with van der Waals surface area (Å²) >= 11 is 0. The summed E-state index contributed by atoms with van der Waals surface area (Å²) in [7, 11) is 0. The van der Waals surface area contributed by atoms with Crippen LogP contribution in [0.4, 0.5) is 0 Å². The van der Waals surface area contributed by atoms with Gasteiger partial charge in [-0.1, -0.05) is 38.1 Å². The molecule has 5 heteroatoms. The highest BCUT2D eigenvalue weighted by molar-refractivity contribution is 5.94. The number of aliphatic hydroxyl groups is 1. The van der Waals surface area contributed by atoms with Gasteiger partial charge in [0.25, 0.3) is 0 Å². The lowest BCUT2D eigenvalue weighted by molar-refractivity contribution is 0.0999. The number of hydrogen-bond donors (Lipinski definition) is 2. The molecule has 3 N–H and O–H groups in total. The van der Waals surface area contributed by atoms with E-state index in [1.54, 1.807) is 16.9 Å². The third-order valence-electron chi connectivity index (χ3n) is 4.26. The fourth-order valence-corrected chi connectivity index (χ4v) is 2.88. The van der Waals surface area contributed by atoms with Crippen molar-refractivity contribution in [2.75, 3.05) is 0 Å². The van der Waals surface area contributed by atoms with E-state index < -0.39 is 12.0 Å². The van der Waals surface area contributed by atoms with Gasteiger partial charge in [0.15, 0.2) is 0 Å². The van der Waals surface area contributed by atoms with Crippen molar-refractivity contribution in [1.29, 1.82) is 0 Å². The molecule has 0 fully saturated rings. The van der Waals surface area contributed by atoms with E-state index >= 15 is 0 Å². The van der Waals surface area contributed by atoms with E-state index in [9.17, 15) is 9.90 Å². The van der Waals surface area contributed by atoms with Crippen molar-refractivity contribution < 1.29 is 9.90 Å². The van der Waals surface area contributed by atoms with Gasteiger partial charge in [0, 0.05) is 18.0 Å². The van der Waals surface area contributed by atoms with Crippen LogP contribution in [0.15, 0.2) is 60.9 Å². The Balaban J connectivity index is 1.91. The van der Waals surface area contributed by atoms with Crippen molar-refractivity contribution in [3.8, 4) is 5.69 Å². The lowest BCUT2D eigenvalue weighted by Crippen LogP contribution is -2.15. The van der Waals surface area contributed by atoms with Gasteiger partial charge < -0.3 is 10.8 Å². The molecule has 1 unspecified atom stereocenters. The fraction of sp³-hybridized carbons (Fsp3) is 0.200. The van der Waals surface area contributed by atoms with Crippen LogP contribution in [0.3, 0.4) is 0 Å². The topological polar surface area (TPSA) is 81.1 Å². The SMILES string of the molecule is CC(C)c1ccc(C(O)c2ccc(-n3cccn3)cc2)cc1C(N)=O. The summed E-state index contributed by atoms with van der Waals surface area (Å²) in [5.41, 5.74) is 9.14. The highest BCUT2D eigenvalue weighted by Gasteiger charge is 2.17. The first-order valence-electron chi connectivity index (χ1n) is 8.19. The first-order chi connectivity index (χ1) is 12.0. The largest absolute Gasteiger partial charge is 0.384 e. The average Bonchev–Trinajstić information content (AvgIpc) is 3.15. The standard InChI is InChI=1S/C20H21N3O2/c1-13(2)17-9-6-15(12-18(17)20(21)25)19(24)14-4-7-16(8-5-14)23-11-3-10-22-23/h3-13,19,24H,1-2H3,(H2,21,25). The van der Waals surface area contributed by atoms with Crippen LogP contribution in [-0.4, -0.2) is 20.8 Å². The quantitative estimate of drug-likeness (QED) is 0.751. The second-order valence-electron chi connectivity index (χ2n) is 6.31. The van der Waals surface area contributed by atoms with E-state index in [1.807, 2.05) is 62.5 Å². The highest BCUT2D eigenvalue weighted by atomic mass is 16.3. The molecule has 5 nitrogen and oxygen atoms in total. The van der Waals surface area contributed by atoms with Gasteiger partial charge >= 0.3 is 0 Å². The number of nitrogens with two attached hydrogens (primary N) is 1. The second-order valence-corrected chi connectivity index (χ2v) is 6.31. The Kier molecular flexibility index (Phi) is 4.67. The van der Waals surface area contributed by atoms with E-state index in [1.165, 1.54) is 0 Å². The first-order valence-corrected chi connectivity index (χ1v) is 8.19. The van der Waals surface area contributed by atoms with Crippen LogP contribution >= 0.6 is 0 Å². The van der Waals surface area contributed by atoms with Gasteiger partial charge in [-0.2, -0.15) is 5.10 Å². The number of carbonyl (C=O) groups is 1. The number of rotatable bonds is 5. The molecule has 3 aromatic rings. The smallest absolute Gasteiger partial charge is 0.248 e. The zero-order valence-electron chi connectivity index (χ0n) is 14.3. The van der Waals surface area contributed by atoms with Crippen LogP contribution in [0.1, 0.15) is 52.9 Å². The van der Waals surface area contributed by atoms with Crippen LogP contribution in [0.25, 0.3) is 5.69 Å². The van der Waals surface area contributed by atoms with Crippen LogP contribution in [0.2, 0.25) is 0 Å². The summed E-state index contributed by atoms with van der Waals surface area (Å²) in [6.07, 6.45) is 2.74. The minimum absolute atomic E-state index is 0.182. The van der Waals surface area contributed by atoms with E-state index in [4.69, 9.17) is 5.73 Å². The molecule has 0 bridgehead atoms. The molecular weight excluding hydrogens is 314 g/mol. The summed E-state index contributed by atoms with van der Waals surface area (Å²) in [6, 6.07) is 14.7. The Morgan fingerprint density at radius 3 is 2.36 bits per heavy atom. The Hall–Kier alpha value is -2.92. The molecule has 1 aromatic heterocycles. The fourth-order valence-electron chi connectivity index (χ4n) is 2.88. The molecule has 1 amide bonds. The molecule has 0 radical (unpaired) electrons.